The average molecular weight is 582 g/mol. The molecule has 1 aromatic carbocycles. The van der Waals surface area contributed by atoms with Crippen molar-refractivity contribution >= 4 is 46.1 Å². The van der Waals surface area contributed by atoms with Crippen LogP contribution in [0, 0.1) is 5.41 Å². The predicted octanol–water partition coefficient (Wildman–Crippen LogP) is 5.92. The van der Waals surface area contributed by atoms with E-state index in [4.69, 9.17) is 32.7 Å². The van der Waals surface area contributed by atoms with Gasteiger partial charge in [-0.15, -0.1) is 0 Å². The number of benzene rings is 1. The molecule has 2 fully saturated rings. The summed E-state index contributed by atoms with van der Waals surface area (Å²) in [6, 6.07) is 5.73. The lowest BCUT2D eigenvalue weighted by Gasteiger charge is -2.53. The SMILES string of the molecule is CCOC(=O)N1CCC2(CC1)CN(c1ncc(-c3n[nH]c4ccc(OC(C)c5c(Cl)cncc5Cl)cc34)cn1)C2. The van der Waals surface area contributed by atoms with Crippen LogP contribution in [0.25, 0.3) is 22.2 Å². The molecule has 10 nitrogen and oxygen atoms in total. The number of likely N-dealkylation sites (tertiary alicyclic amines) is 1. The molecule has 3 aromatic heterocycles. The van der Waals surface area contributed by atoms with Gasteiger partial charge in [0.2, 0.25) is 5.95 Å². The summed E-state index contributed by atoms with van der Waals surface area (Å²) in [6.07, 6.45) is 8.05. The van der Waals surface area contributed by atoms with E-state index in [1.165, 1.54) is 0 Å². The van der Waals surface area contributed by atoms with Gasteiger partial charge in [0.25, 0.3) is 0 Å². The number of nitrogens with one attached hydrogen (secondary N) is 1. The Morgan fingerprint density at radius 2 is 1.80 bits per heavy atom. The van der Waals surface area contributed by atoms with E-state index in [9.17, 15) is 4.79 Å². The second-order valence-electron chi connectivity index (χ2n) is 10.4. The minimum Gasteiger partial charge on any atom is -0.486 e. The Morgan fingerprint density at radius 1 is 1.10 bits per heavy atom. The van der Waals surface area contributed by atoms with Crippen molar-refractivity contribution in [2.45, 2.75) is 32.8 Å². The van der Waals surface area contributed by atoms with Gasteiger partial charge >= 0.3 is 6.09 Å². The van der Waals surface area contributed by atoms with Gasteiger partial charge in [-0.2, -0.15) is 5.10 Å². The number of amides is 1. The second-order valence-corrected chi connectivity index (χ2v) is 11.2. The molecule has 0 aliphatic carbocycles. The highest BCUT2D eigenvalue weighted by Crippen LogP contribution is 2.42. The minimum absolute atomic E-state index is 0.210. The van der Waals surface area contributed by atoms with Crippen LogP contribution in [0.2, 0.25) is 10.0 Å². The van der Waals surface area contributed by atoms with Crippen molar-refractivity contribution in [1.82, 2.24) is 30.0 Å². The number of aromatic nitrogens is 5. The number of halogens is 2. The van der Waals surface area contributed by atoms with Gasteiger partial charge in [0, 0.05) is 72.9 Å². The molecule has 5 heterocycles. The summed E-state index contributed by atoms with van der Waals surface area (Å²) in [4.78, 5) is 29.3. The summed E-state index contributed by atoms with van der Waals surface area (Å²) in [5.74, 6) is 1.36. The Labute approximate surface area is 241 Å². The van der Waals surface area contributed by atoms with Crippen molar-refractivity contribution in [3.8, 4) is 17.0 Å². The zero-order valence-corrected chi connectivity index (χ0v) is 23.7. The summed E-state index contributed by atoms with van der Waals surface area (Å²) in [6.45, 7) is 7.36. The van der Waals surface area contributed by atoms with E-state index in [1.54, 1.807) is 29.7 Å². The molecule has 1 unspecified atom stereocenters. The first-order valence-electron chi connectivity index (χ1n) is 13.3. The van der Waals surface area contributed by atoms with Crippen molar-refractivity contribution in [3.05, 3.63) is 58.6 Å². The number of hydrogen-bond donors (Lipinski definition) is 1. The molecule has 2 saturated heterocycles. The molecule has 2 aliphatic heterocycles. The number of carbonyl (C=O) groups excluding carboxylic acids is 1. The number of anilines is 1. The van der Waals surface area contributed by atoms with Gasteiger partial charge in [0.1, 0.15) is 17.5 Å². The molecule has 1 N–H and O–H groups in total. The number of H-pyrrole nitrogens is 1. The third-order valence-electron chi connectivity index (χ3n) is 7.74. The van der Waals surface area contributed by atoms with E-state index >= 15 is 0 Å². The number of ether oxygens (including phenoxy) is 2. The third-order valence-corrected chi connectivity index (χ3v) is 8.34. The molecule has 2 aliphatic rings. The summed E-state index contributed by atoms with van der Waals surface area (Å²) in [5.41, 5.74) is 3.32. The lowest BCUT2D eigenvalue weighted by atomic mass is 9.72. The number of aromatic amines is 1. The van der Waals surface area contributed by atoms with Crippen LogP contribution in [0.3, 0.4) is 0 Å². The monoisotopic (exact) mass is 581 g/mol. The molecule has 4 aromatic rings. The van der Waals surface area contributed by atoms with Gasteiger partial charge in [-0.25, -0.2) is 14.8 Å². The number of hydrogen-bond acceptors (Lipinski definition) is 8. The molecule has 1 amide bonds. The van der Waals surface area contributed by atoms with Gasteiger partial charge in [0.05, 0.1) is 22.2 Å². The van der Waals surface area contributed by atoms with Gasteiger partial charge < -0.3 is 19.3 Å². The fraction of sp³-hybridized carbons (Fsp3) is 0.393. The van der Waals surface area contributed by atoms with Crippen LogP contribution in [0.1, 0.15) is 38.4 Å². The maximum atomic E-state index is 12.0. The average Bonchev–Trinajstić information content (AvgIpc) is 3.35. The Balaban J connectivity index is 1.13. The predicted molar refractivity (Wildman–Crippen MR) is 153 cm³/mol. The van der Waals surface area contributed by atoms with Crippen LogP contribution < -0.4 is 9.64 Å². The largest absolute Gasteiger partial charge is 0.486 e. The fourth-order valence-corrected chi connectivity index (χ4v) is 6.24. The normalized spacial score (nSPS) is 17.1. The molecule has 208 valence electrons. The van der Waals surface area contributed by atoms with E-state index in [-0.39, 0.29) is 17.6 Å². The van der Waals surface area contributed by atoms with Crippen molar-refractivity contribution in [2.24, 2.45) is 5.41 Å². The molecule has 40 heavy (non-hydrogen) atoms. The quantitative estimate of drug-likeness (QED) is 0.299. The van der Waals surface area contributed by atoms with Crippen LogP contribution in [0.4, 0.5) is 10.7 Å². The first-order valence-corrected chi connectivity index (χ1v) is 14.0. The number of carbonyl (C=O) groups is 1. The third kappa shape index (κ3) is 5.01. The zero-order chi connectivity index (χ0) is 27.9. The summed E-state index contributed by atoms with van der Waals surface area (Å²) < 4.78 is 11.3. The molecular formula is C28H29Cl2N7O3. The van der Waals surface area contributed by atoms with Crippen LogP contribution >= 0.6 is 23.2 Å². The molecular weight excluding hydrogens is 553 g/mol. The summed E-state index contributed by atoms with van der Waals surface area (Å²) >= 11 is 12.6. The first kappa shape index (κ1) is 26.6. The van der Waals surface area contributed by atoms with Gasteiger partial charge in [-0.1, -0.05) is 23.2 Å². The second kappa shape index (κ2) is 10.7. The van der Waals surface area contributed by atoms with E-state index in [2.05, 4.69) is 30.0 Å². The van der Waals surface area contributed by atoms with Gasteiger partial charge in [-0.3, -0.25) is 10.1 Å². The van der Waals surface area contributed by atoms with E-state index < -0.39 is 0 Å². The summed E-state index contributed by atoms with van der Waals surface area (Å²) in [7, 11) is 0. The molecule has 6 rings (SSSR count). The van der Waals surface area contributed by atoms with E-state index in [0.717, 1.165) is 61.2 Å². The number of pyridine rings is 1. The topological polar surface area (TPSA) is 109 Å². The van der Waals surface area contributed by atoms with Crippen LogP contribution in [0.5, 0.6) is 5.75 Å². The lowest BCUT2D eigenvalue weighted by molar-refractivity contribution is 0.0547. The number of rotatable bonds is 6. The van der Waals surface area contributed by atoms with E-state index in [1.807, 2.05) is 32.0 Å². The zero-order valence-electron chi connectivity index (χ0n) is 22.2. The highest BCUT2D eigenvalue weighted by molar-refractivity contribution is 6.35. The Hall–Kier alpha value is -3.63. The van der Waals surface area contributed by atoms with E-state index in [0.29, 0.717) is 33.9 Å². The molecule has 0 radical (unpaired) electrons. The van der Waals surface area contributed by atoms with Crippen molar-refractivity contribution in [3.63, 3.8) is 0 Å². The smallest absolute Gasteiger partial charge is 0.409 e. The number of piperidine rings is 1. The maximum Gasteiger partial charge on any atom is 0.409 e. The molecule has 12 heteroatoms. The highest BCUT2D eigenvalue weighted by atomic mass is 35.5. The first-order chi connectivity index (χ1) is 19.4. The number of fused-ring (bicyclic) bond motifs is 1. The molecule has 1 atom stereocenters. The van der Waals surface area contributed by atoms with Crippen LogP contribution in [0.15, 0.2) is 43.0 Å². The maximum absolute atomic E-state index is 12.0. The molecule has 0 bridgehead atoms. The van der Waals surface area contributed by atoms with Crippen molar-refractivity contribution in [2.75, 3.05) is 37.7 Å². The van der Waals surface area contributed by atoms with Crippen LogP contribution in [-0.4, -0.2) is 68.9 Å². The highest BCUT2D eigenvalue weighted by Gasteiger charge is 2.46. The van der Waals surface area contributed by atoms with Crippen molar-refractivity contribution in [1.29, 1.82) is 0 Å². The Bertz CT molecular complexity index is 1510. The minimum atomic E-state index is -0.379. The molecule has 0 saturated carbocycles. The standard InChI is InChI=1S/C28H29Cl2N7O3/c1-3-39-27(38)36-8-6-28(7-9-36)15-37(16-28)26-32-11-18(12-33-26)25-20-10-19(4-5-23(20)34-35-25)40-17(2)24-21(29)13-31-14-22(24)30/h4-5,10-14,17H,3,6-9,15-16H2,1-2H3,(H,34,35). The molecule has 1 spiro atoms. The Morgan fingerprint density at radius 3 is 2.48 bits per heavy atom. The lowest BCUT2D eigenvalue weighted by Crippen LogP contribution is -2.61. The van der Waals surface area contributed by atoms with Crippen molar-refractivity contribution < 1.29 is 14.3 Å². The number of nitrogens with zero attached hydrogens (tertiary/aromatic N) is 6. The van der Waals surface area contributed by atoms with Crippen LogP contribution in [-0.2, 0) is 4.74 Å². The Kier molecular flexibility index (Phi) is 7.14. The summed E-state index contributed by atoms with van der Waals surface area (Å²) in [5, 5.41) is 9.40. The van der Waals surface area contributed by atoms with Gasteiger partial charge in [0.15, 0.2) is 0 Å². The fourth-order valence-electron chi connectivity index (χ4n) is 5.57. The van der Waals surface area contributed by atoms with Gasteiger partial charge in [-0.05, 0) is 44.9 Å².